The van der Waals surface area contributed by atoms with Crippen LogP contribution in [0.3, 0.4) is 0 Å². The standard InChI is InChI=1S/C24H17Cl2F3N2O4S2/c1-3-35-23(32)14-8-13(9-16(10-14)37(2,33)34)20-6-7-21(36-20)19-12-22(24(27,28)29)30-31(19)18-5-4-15(25)11-17(18)26/h4-12H,3H2,1-2H3. The van der Waals surface area contributed by atoms with Gasteiger partial charge in [-0.05, 0) is 67.1 Å². The number of hydrogen-bond acceptors (Lipinski definition) is 6. The highest BCUT2D eigenvalue weighted by atomic mass is 35.5. The summed E-state index contributed by atoms with van der Waals surface area (Å²) >= 11 is 13.3. The van der Waals surface area contributed by atoms with Crippen LogP contribution in [0, 0.1) is 0 Å². The zero-order chi connectivity index (χ0) is 27.1. The minimum absolute atomic E-state index is 0.0343. The van der Waals surface area contributed by atoms with Crippen LogP contribution < -0.4 is 0 Å². The molecule has 0 atom stereocenters. The molecule has 0 fully saturated rings. The molecule has 0 saturated heterocycles. The Kier molecular flexibility index (Phi) is 7.44. The van der Waals surface area contributed by atoms with E-state index in [4.69, 9.17) is 27.9 Å². The van der Waals surface area contributed by atoms with Crippen LogP contribution in [0.2, 0.25) is 10.0 Å². The number of ether oxygens (including phenoxy) is 1. The first kappa shape index (κ1) is 27.2. The second-order valence-electron chi connectivity index (χ2n) is 7.82. The molecule has 37 heavy (non-hydrogen) atoms. The minimum atomic E-state index is -4.71. The van der Waals surface area contributed by atoms with E-state index >= 15 is 0 Å². The summed E-state index contributed by atoms with van der Waals surface area (Å²) in [5, 5.41) is 4.14. The average molecular weight is 589 g/mol. The van der Waals surface area contributed by atoms with Crippen molar-refractivity contribution in [1.82, 2.24) is 9.78 Å². The number of sulfone groups is 1. The van der Waals surface area contributed by atoms with Crippen LogP contribution in [0.5, 0.6) is 0 Å². The topological polar surface area (TPSA) is 78.3 Å². The van der Waals surface area contributed by atoms with Crippen molar-refractivity contribution in [3.8, 4) is 26.7 Å². The lowest BCUT2D eigenvalue weighted by Gasteiger charge is -2.09. The Morgan fingerprint density at radius 3 is 2.38 bits per heavy atom. The highest BCUT2D eigenvalue weighted by molar-refractivity contribution is 7.90. The van der Waals surface area contributed by atoms with Crippen molar-refractivity contribution in [3.63, 3.8) is 0 Å². The predicted octanol–water partition coefficient (Wildman–Crippen LogP) is 7.17. The number of nitrogens with zero attached hydrogens (tertiary/aromatic N) is 2. The van der Waals surface area contributed by atoms with Crippen molar-refractivity contribution in [2.24, 2.45) is 0 Å². The van der Waals surface area contributed by atoms with Crippen LogP contribution in [0.15, 0.2) is 59.5 Å². The third-order valence-corrected chi connectivity index (χ3v) is 7.91. The summed E-state index contributed by atoms with van der Waals surface area (Å²) in [5.41, 5.74) is -0.402. The van der Waals surface area contributed by atoms with Gasteiger partial charge in [-0.3, -0.25) is 0 Å². The maximum Gasteiger partial charge on any atom is 0.435 e. The number of rotatable bonds is 6. The van der Waals surface area contributed by atoms with Crippen LogP contribution in [0.1, 0.15) is 23.0 Å². The summed E-state index contributed by atoms with van der Waals surface area (Å²) in [5.74, 6) is -0.698. The minimum Gasteiger partial charge on any atom is -0.462 e. The summed E-state index contributed by atoms with van der Waals surface area (Å²) < 4.78 is 71.2. The van der Waals surface area contributed by atoms with Gasteiger partial charge in [0.05, 0.1) is 38.3 Å². The second kappa shape index (κ2) is 10.1. The molecule has 2 aromatic heterocycles. The lowest BCUT2D eigenvalue weighted by Crippen LogP contribution is -2.07. The Morgan fingerprint density at radius 2 is 1.76 bits per heavy atom. The molecular weight excluding hydrogens is 572 g/mol. The molecule has 0 bridgehead atoms. The summed E-state index contributed by atoms with van der Waals surface area (Å²) in [4.78, 5) is 13.1. The van der Waals surface area contributed by atoms with Gasteiger partial charge in [0.2, 0.25) is 0 Å². The molecule has 0 unspecified atom stereocenters. The zero-order valence-electron chi connectivity index (χ0n) is 19.1. The first-order chi connectivity index (χ1) is 17.3. The van der Waals surface area contributed by atoms with E-state index < -0.39 is 27.7 Å². The van der Waals surface area contributed by atoms with Gasteiger partial charge in [-0.1, -0.05) is 23.2 Å². The lowest BCUT2D eigenvalue weighted by atomic mass is 10.1. The van der Waals surface area contributed by atoms with Gasteiger partial charge in [0.25, 0.3) is 0 Å². The maximum atomic E-state index is 13.6. The van der Waals surface area contributed by atoms with Gasteiger partial charge in [-0.25, -0.2) is 17.9 Å². The van der Waals surface area contributed by atoms with Crippen LogP contribution in [-0.2, 0) is 20.8 Å². The van der Waals surface area contributed by atoms with Gasteiger partial charge in [0, 0.05) is 16.2 Å². The molecule has 0 aliphatic heterocycles. The quantitative estimate of drug-likeness (QED) is 0.223. The first-order valence-electron chi connectivity index (χ1n) is 10.5. The van der Waals surface area contributed by atoms with Crippen molar-refractivity contribution in [2.45, 2.75) is 18.0 Å². The lowest BCUT2D eigenvalue weighted by molar-refractivity contribution is -0.141. The van der Waals surface area contributed by atoms with Crippen LogP contribution in [0.25, 0.3) is 26.7 Å². The number of halogens is 5. The van der Waals surface area contributed by atoms with Crippen molar-refractivity contribution >= 4 is 50.3 Å². The Balaban J connectivity index is 1.87. The number of hydrogen-bond donors (Lipinski definition) is 0. The molecule has 0 amide bonds. The number of carbonyl (C=O) groups is 1. The maximum absolute atomic E-state index is 13.6. The molecule has 0 saturated carbocycles. The van der Waals surface area contributed by atoms with Gasteiger partial charge >= 0.3 is 12.1 Å². The Hall–Kier alpha value is -2.86. The van der Waals surface area contributed by atoms with Crippen LogP contribution >= 0.6 is 34.5 Å². The molecule has 6 nitrogen and oxygen atoms in total. The molecule has 13 heteroatoms. The molecule has 0 aliphatic rings. The molecule has 2 aromatic carbocycles. The number of alkyl halides is 3. The number of esters is 1. The molecule has 0 spiro atoms. The Labute approximate surface area is 224 Å². The number of aromatic nitrogens is 2. The van der Waals surface area contributed by atoms with Crippen LogP contribution in [-0.4, -0.2) is 37.0 Å². The molecule has 0 aliphatic carbocycles. The normalized spacial score (nSPS) is 12.1. The summed E-state index contributed by atoms with van der Waals surface area (Å²) in [6.45, 7) is 1.72. The number of benzene rings is 2. The predicted molar refractivity (Wildman–Crippen MR) is 136 cm³/mol. The van der Waals surface area contributed by atoms with Gasteiger partial charge in [0.15, 0.2) is 15.5 Å². The fourth-order valence-corrected chi connectivity index (χ4v) is 5.62. The van der Waals surface area contributed by atoms with E-state index in [2.05, 4.69) is 5.10 Å². The first-order valence-corrected chi connectivity index (χ1v) is 14.0. The molecule has 194 valence electrons. The highest BCUT2D eigenvalue weighted by Crippen LogP contribution is 2.40. The van der Waals surface area contributed by atoms with E-state index in [-0.39, 0.29) is 33.5 Å². The zero-order valence-corrected chi connectivity index (χ0v) is 22.3. The largest absolute Gasteiger partial charge is 0.462 e. The van der Waals surface area contributed by atoms with E-state index in [1.165, 1.54) is 36.4 Å². The van der Waals surface area contributed by atoms with E-state index in [1.807, 2.05) is 0 Å². The van der Waals surface area contributed by atoms with E-state index in [1.54, 1.807) is 19.1 Å². The monoisotopic (exact) mass is 588 g/mol. The Morgan fingerprint density at radius 1 is 1.05 bits per heavy atom. The van der Waals surface area contributed by atoms with Gasteiger partial charge in [-0.15, -0.1) is 11.3 Å². The van der Waals surface area contributed by atoms with E-state index in [9.17, 15) is 26.4 Å². The van der Waals surface area contributed by atoms with E-state index in [0.29, 0.717) is 20.3 Å². The second-order valence-corrected chi connectivity index (χ2v) is 11.8. The molecule has 2 heterocycles. The van der Waals surface area contributed by atoms with Crippen molar-refractivity contribution in [2.75, 3.05) is 12.9 Å². The SMILES string of the molecule is CCOC(=O)c1cc(-c2ccc(-c3cc(C(F)(F)F)nn3-c3ccc(Cl)cc3Cl)s2)cc(S(C)(=O)=O)c1. The van der Waals surface area contributed by atoms with Crippen molar-refractivity contribution in [3.05, 3.63) is 75.9 Å². The van der Waals surface area contributed by atoms with Crippen LogP contribution in [0.4, 0.5) is 13.2 Å². The van der Waals surface area contributed by atoms with Gasteiger partial charge in [-0.2, -0.15) is 18.3 Å². The Bertz CT molecular complexity index is 1610. The molecule has 0 radical (unpaired) electrons. The summed E-state index contributed by atoms with van der Waals surface area (Å²) in [6, 6.07) is 12.5. The summed E-state index contributed by atoms with van der Waals surface area (Å²) in [7, 11) is -3.68. The number of carbonyl (C=O) groups excluding carboxylic acids is 1. The highest BCUT2D eigenvalue weighted by Gasteiger charge is 2.35. The fourth-order valence-electron chi connectivity index (χ4n) is 3.45. The molecule has 4 rings (SSSR count). The third-order valence-electron chi connectivity index (χ3n) is 5.13. The van der Waals surface area contributed by atoms with Crippen molar-refractivity contribution < 1.29 is 31.1 Å². The molecular formula is C24H17Cl2F3N2O4S2. The third kappa shape index (κ3) is 5.85. The number of thiophene rings is 1. The smallest absolute Gasteiger partial charge is 0.435 e. The van der Waals surface area contributed by atoms with Crippen molar-refractivity contribution in [1.29, 1.82) is 0 Å². The fraction of sp³-hybridized carbons (Fsp3) is 0.167. The summed E-state index contributed by atoms with van der Waals surface area (Å²) in [6.07, 6.45) is -3.70. The van der Waals surface area contributed by atoms with Gasteiger partial charge in [0.1, 0.15) is 0 Å². The molecule has 4 aromatic rings. The van der Waals surface area contributed by atoms with Gasteiger partial charge < -0.3 is 4.74 Å². The van der Waals surface area contributed by atoms with E-state index in [0.717, 1.165) is 28.3 Å². The average Bonchev–Trinajstić information content (AvgIpc) is 3.46. The molecule has 0 N–H and O–H groups in total.